The molecule has 1 aromatic carbocycles. The van der Waals surface area contributed by atoms with Crippen LogP contribution in [0.25, 0.3) is 6.08 Å². The molecule has 0 bridgehead atoms. The second-order valence-electron chi connectivity index (χ2n) is 6.11. The van der Waals surface area contributed by atoms with Crippen molar-refractivity contribution in [1.82, 2.24) is 4.90 Å². The Morgan fingerprint density at radius 1 is 1.32 bits per heavy atom. The number of likely N-dealkylation sites (tertiary alicyclic amines) is 1. The lowest BCUT2D eigenvalue weighted by Crippen LogP contribution is -2.35. The minimum absolute atomic E-state index is 0.172. The summed E-state index contributed by atoms with van der Waals surface area (Å²) < 4.78 is 0. The maximum absolute atomic E-state index is 12.2. The topological polar surface area (TPSA) is 20.3 Å². The molecular weight excluding hydrogens is 234 g/mol. The van der Waals surface area contributed by atoms with Gasteiger partial charge in [-0.05, 0) is 43.2 Å². The minimum Gasteiger partial charge on any atom is -0.339 e. The third kappa shape index (κ3) is 2.58. The van der Waals surface area contributed by atoms with E-state index in [0.29, 0.717) is 5.41 Å². The van der Waals surface area contributed by atoms with Gasteiger partial charge < -0.3 is 4.90 Å². The largest absolute Gasteiger partial charge is 0.339 e. The van der Waals surface area contributed by atoms with E-state index in [1.54, 1.807) is 6.08 Å². The first-order chi connectivity index (χ1) is 9.17. The molecule has 1 aliphatic carbocycles. The van der Waals surface area contributed by atoms with E-state index in [2.05, 4.69) is 19.1 Å². The summed E-state index contributed by atoms with van der Waals surface area (Å²) in [7, 11) is 0. The summed E-state index contributed by atoms with van der Waals surface area (Å²) in [5, 5.41) is 0. The lowest BCUT2D eigenvalue weighted by molar-refractivity contribution is -0.125. The van der Waals surface area contributed by atoms with Crippen molar-refractivity contribution >= 4 is 12.0 Å². The molecule has 0 N–H and O–H groups in total. The Labute approximate surface area is 115 Å². The van der Waals surface area contributed by atoms with Gasteiger partial charge in [0, 0.05) is 19.2 Å². The third-order valence-corrected chi connectivity index (χ3v) is 4.62. The molecule has 2 fully saturated rings. The molecule has 2 heteroatoms. The minimum atomic E-state index is 0.172. The number of benzene rings is 1. The van der Waals surface area contributed by atoms with Crippen molar-refractivity contribution in [2.45, 2.75) is 32.6 Å². The molecule has 0 atom stereocenters. The molecule has 0 unspecified atom stereocenters. The first kappa shape index (κ1) is 12.5. The van der Waals surface area contributed by atoms with Crippen molar-refractivity contribution in [3.05, 3.63) is 41.5 Å². The summed E-state index contributed by atoms with van der Waals surface area (Å²) in [5.74, 6) is 0.172. The van der Waals surface area contributed by atoms with E-state index >= 15 is 0 Å². The SMILES string of the molecule is Cc1cccc(/C=C/C(=O)N2CCC3(CCC3)C2)c1. The molecular formula is C17H21NO. The smallest absolute Gasteiger partial charge is 0.246 e. The van der Waals surface area contributed by atoms with E-state index in [1.807, 2.05) is 23.1 Å². The number of carbonyl (C=O) groups is 1. The van der Waals surface area contributed by atoms with Crippen LogP contribution in [0.4, 0.5) is 0 Å². The predicted molar refractivity (Wildman–Crippen MR) is 77.7 cm³/mol. The Bertz CT molecular complexity index is 514. The van der Waals surface area contributed by atoms with Crippen molar-refractivity contribution < 1.29 is 4.79 Å². The summed E-state index contributed by atoms with van der Waals surface area (Å²) in [6.07, 6.45) is 8.85. The summed E-state index contributed by atoms with van der Waals surface area (Å²) >= 11 is 0. The molecule has 1 saturated heterocycles. The Morgan fingerprint density at radius 3 is 2.79 bits per heavy atom. The highest BCUT2D eigenvalue weighted by Crippen LogP contribution is 2.47. The Morgan fingerprint density at radius 2 is 2.16 bits per heavy atom. The van der Waals surface area contributed by atoms with Gasteiger partial charge in [-0.1, -0.05) is 36.2 Å². The number of rotatable bonds is 2. The quantitative estimate of drug-likeness (QED) is 0.742. The van der Waals surface area contributed by atoms with Gasteiger partial charge in [0.05, 0.1) is 0 Å². The van der Waals surface area contributed by atoms with Gasteiger partial charge in [0.15, 0.2) is 0 Å². The number of nitrogens with zero attached hydrogens (tertiary/aromatic N) is 1. The standard InChI is InChI=1S/C17H21NO/c1-14-4-2-5-15(12-14)6-7-16(19)18-11-10-17(13-18)8-3-9-17/h2,4-7,12H,3,8-11,13H2,1H3/b7-6+. The van der Waals surface area contributed by atoms with Gasteiger partial charge in [0.25, 0.3) is 0 Å². The van der Waals surface area contributed by atoms with Gasteiger partial charge in [-0.2, -0.15) is 0 Å². The number of amides is 1. The van der Waals surface area contributed by atoms with Crippen molar-refractivity contribution in [2.24, 2.45) is 5.41 Å². The lowest BCUT2D eigenvalue weighted by Gasteiger charge is -2.37. The van der Waals surface area contributed by atoms with Gasteiger partial charge in [-0.3, -0.25) is 4.79 Å². The van der Waals surface area contributed by atoms with Gasteiger partial charge in [-0.25, -0.2) is 0 Å². The van der Waals surface area contributed by atoms with E-state index in [4.69, 9.17) is 0 Å². The summed E-state index contributed by atoms with van der Waals surface area (Å²) in [6.45, 7) is 3.99. The van der Waals surface area contributed by atoms with Crippen molar-refractivity contribution in [3.8, 4) is 0 Å². The van der Waals surface area contributed by atoms with Gasteiger partial charge >= 0.3 is 0 Å². The molecule has 19 heavy (non-hydrogen) atoms. The second kappa shape index (κ2) is 4.84. The van der Waals surface area contributed by atoms with E-state index in [9.17, 15) is 4.79 Å². The highest BCUT2D eigenvalue weighted by molar-refractivity contribution is 5.92. The third-order valence-electron chi connectivity index (χ3n) is 4.62. The van der Waals surface area contributed by atoms with Crippen LogP contribution in [0.5, 0.6) is 0 Å². The van der Waals surface area contributed by atoms with Crippen molar-refractivity contribution in [2.75, 3.05) is 13.1 Å². The normalized spacial score (nSPS) is 21.0. The molecule has 1 spiro atoms. The molecule has 3 rings (SSSR count). The molecule has 1 saturated carbocycles. The fourth-order valence-electron chi connectivity index (χ4n) is 3.25. The van der Waals surface area contributed by atoms with Crippen LogP contribution in [0.3, 0.4) is 0 Å². The Hall–Kier alpha value is -1.57. The molecule has 2 aliphatic rings. The first-order valence-electron chi connectivity index (χ1n) is 7.21. The highest BCUT2D eigenvalue weighted by atomic mass is 16.2. The molecule has 1 aromatic rings. The van der Waals surface area contributed by atoms with E-state index in [0.717, 1.165) is 18.7 Å². The maximum Gasteiger partial charge on any atom is 0.246 e. The summed E-state index contributed by atoms with van der Waals surface area (Å²) in [4.78, 5) is 14.2. The molecule has 1 heterocycles. The number of hydrogen-bond donors (Lipinski definition) is 0. The zero-order valence-corrected chi connectivity index (χ0v) is 11.6. The lowest BCUT2D eigenvalue weighted by atomic mass is 9.68. The van der Waals surface area contributed by atoms with Gasteiger partial charge in [0.2, 0.25) is 5.91 Å². The van der Waals surface area contributed by atoms with E-state index < -0.39 is 0 Å². The van der Waals surface area contributed by atoms with Crippen LogP contribution >= 0.6 is 0 Å². The molecule has 0 radical (unpaired) electrons. The second-order valence-corrected chi connectivity index (χ2v) is 6.11. The molecule has 0 aromatic heterocycles. The Balaban J connectivity index is 1.62. The zero-order valence-electron chi connectivity index (χ0n) is 11.6. The van der Waals surface area contributed by atoms with Crippen LogP contribution in [-0.2, 0) is 4.79 Å². The van der Waals surface area contributed by atoms with Crippen LogP contribution in [0.15, 0.2) is 30.3 Å². The van der Waals surface area contributed by atoms with Crippen LogP contribution < -0.4 is 0 Å². The Kier molecular flexibility index (Phi) is 3.17. The highest BCUT2D eigenvalue weighted by Gasteiger charge is 2.43. The number of aryl methyl sites for hydroxylation is 1. The molecule has 100 valence electrons. The van der Waals surface area contributed by atoms with Crippen LogP contribution in [0.1, 0.15) is 36.8 Å². The summed E-state index contributed by atoms with van der Waals surface area (Å²) in [6, 6.07) is 8.23. The van der Waals surface area contributed by atoms with Gasteiger partial charge in [-0.15, -0.1) is 0 Å². The van der Waals surface area contributed by atoms with E-state index in [1.165, 1.54) is 31.2 Å². The molecule has 1 aliphatic heterocycles. The fraction of sp³-hybridized carbons (Fsp3) is 0.471. The van der Waals surface area contributed by atoms with E-state index in [-0.39, 0.29) is 5.91 Å². The predicted octanol–water partition coefficient (Wildman–Crippen LogP) is 3.41. The number of hydrogen-bond acceptors (Lipinski definition) is 1. The van der Waals surface area contributed by atoms with Crippen LogP contribution in [0, 0.1) is 12.3 Å². The van der Waals surface area contributed by atoms with Crippen LogP contribution in [0.2, 0.25) is 0 Å². The molecule has 1 amide bonds. The zero-order chi connectivity index (χ0) is 13.3. The monoisotopic (exact) mass is 255 g/mol. The molecule has 2 nitrogen and oxygen atoms in total. The van der Waals surface area contributed by atoms with Crippen molar-refractivity contribution in [1.29, 1.82) is 0 Å². The fourth-order valence-corrected chi connectivity index (χ4v) is 3.25. The average molecular weight is 255 g/mol. The number of carbonyl (C=O) groups excluding carboxylic acids is 1. The average Bonchev–Trinajstić information content (AvgIpc) is 2.81. The maximum atomic E-state index is 12.2. The summed E-state index contributed by atoms with van der Waals surface area (Å²) in [5.41, 5.74) is 2.82. The van der Waals surface area contributed by atoms with Crippen LogP contribution in [-0.4, -0.2) is 23.9 Å². The van der Waals surface area contributed by atoms with Gasteiger partial charge in [0.1, 0.15) is 0 Å². The first-order valence-corrected chi connectivity index (χ1v) is 7.21. The van der Waals surface area contributed by atoms with Crippen molar-refractivity contribution in [3.63, 3.8) is 0 Å².